The fraction of sp³-hybridized carbons (Fsp3) is 0.792. The van der Waals surface area contributed by atoms with Crippen LogP contribution in [0.1, 0.15) is 209 Å². The monoisotopic (exact) mass is 1060 g/mol. The van der Waals surface area contributed by atoms with Crippen molar-refractivity contribution < 1.29 is 86.3 Å². The zero-order valence-electron chi connectivity index (χ0n) is 48.1. The molecule has 0 rings (SSSR count). The average molecular weight is 1060 g/mol. The van der Waals surface area contributed by atoms with Crippen LogP contribution in [0, 0.1) is 11.8 Å². The van der Waals surface area contributed by atoms with Crippen LogP contribution < -0.4 is 16.0 Å². The molecule has 0 heterocycles. The standard InChI is InChI=1S/C28H48N2O10.C25H43NO8/c1-11-12-17(23(35)38-26(2,3)4)15-18(31)13-14-19(24(36)39-27(5,6)7)29-22(34)20(16-21(32)33)30-25(37)40-28(8,9)10;1-16(27)26-19(22(31)34-25(8,9)10)13-12-18(28)15-17(21(30)33-24(5,6)7)11-14-20(29)32-23(2,3)4/h17,19-20H,11-16H2,1-10H3,(H,29,34)(H,30,37)(H,32,33);17,19H,11-15H2,1-10H3,(H,26,27)/t17-,19+,20+;17-,19+/m11/s1. The minimum Gasteiger partial charge on any atom is -0.481 e. The van der Waals surface area contributed by atoms with Crippen molar-refractivity contribution in [2.45, 2.75) is 261 Å². The number of carboxylic acids is 1. The van der Waals surface area contributed by atoms with Crippen LogP contribution in [0.5, 0.6) is 0 Å². The van der Waals surface area contributed by atoms with Crippen LogP contribution in [-0.2, 0) is 76.4 Å². The number of Topliss-reactive ketones (excluding diaryl/α,β-unsaturated/α-hetero) is 2. The first-order chi connectivity index (χ1) is 33.2. The molecule has 4 N–H and O–H groups in total. The number of nitrogens with one attached hydrogen (secondary N) is 3. The molecule has 0 aliphatic rings. The first kappa shape index (κ1) is 70.4. The fourth-order valence-electron chi connectivity index (χ4n) is 6.37. The van der Waals surface area contributed by atoms with E-state index in [0.717, 1.165) is 0 Å². The normalized spacial score (nSPS) is 14.1. The van der Waals surface area contributed by atoms with E-state index >= 15 is 0 Å². The van der Waals surface area contributed by atoms with Gasteiger partial charge in [-0.05, 0) is 150 Å². The molecule has 5 atom stereocenters. The van der Waals surface area contributed by atoms with E-state index in [4.69, 9.17) is 28.4 Å². The Bertz CT molecular complexity index is 1920. The molecule has 0 bridgehead atoms. The van der Waals surface area contributed by atoms with E-state index < -0.39 is 124 Å². The average Bonchev–Trinajstić information content (AvgIpc) is 3.14. The van der Waals surface area contributed by atoms with Crippen LogP contribution in [0.15, 0.2) is 0 Å². The third-order valence-electron chi connectivity index (χ3n) is 9.07. The van der Waals surface area contributed by atoms with E-state index in [0.29, 0.717) is 12.8 Å². The van der Waals surface area contributed by atoms with Crippen molar-refractivity contribution in [1.29, 1.82) is 0 Å². The maximum Gasteiger partial charge on any atom is 0.408 e. The van der Waals surface area contributed by atoms with Crippen molar-refractivity contribution in [3.63, 3.8) is 0 Å². The quantitative estimate of drug-likeness (QED) is 0.0514. The summed E-state index contributed by atoms with van der Waals surface area (Å²) in [5.41, 5.74) is -4.68. The van der Waals surface area contributed by atoms with E-state index in [1.807, 2.05) is 6.92 Å². The summed E-state index contributed by atoms with van der Waals surface area (Å²) in [6.07, 6.45) is -1.26. The lowest BCUT2D eigenvalue weighted by Gasteiger charge is -2.27. The number of carbonyl (C=O) groups excluding carboxylic acids is 10. The molecular formula is C53H91N3O18. The van der Waals surface area contributed by atoms with Gasteiger partial charge < -0.3 is 49.5 Å². The number of hydrogen-bond acceptors (Lipinski definition) is 17. The second kappa shape index (κ2) is 30.7. The summed E-state index contributed by atoms with van der Waals surface area (Å²) in [7, 11) is 0. The van der Waals surface area contributed by atoms with Crippen molar-refractivity contribution >= 4 is 65.3 Å². The second-order valence-corrected chi connectivity index (χ2v) is 24.1. The molecule has 0 unspecified atom stereocenters. The molecule has 74 heavy (non-hydrogen) atoms. The fourth-order valence-corrected chi connectivity index (χ4v) is 6.37. The van der Waals surface area contributed by atoms with Crippen LogP contribution in [-0.4, -0.2) is 122 Å². The third kappa shape index (κ3) is 38.0. The molecule has 0 spiro atoms. The Morgan fingerprint density at radius 3 is 1.09 bits per heavy atom. The van der Waals surface area contributed by atoms with Crippen LogP contribution in [0.3, 0.4) is 0 Å². The summed E-state index contributed by atoms with van der Waals surface area (Å²) in [5, 5.41) is 16.4. The van der Waals surface area contributed by atoms with Gasteiger partial charge in [0.05, 0.1) is 18.3 Å². The number of carboxylic acid groups (broad SMARTS) is 1. The lowest BCUT2D eigenvalue weighted by atomic mass is 9.94. The predicted molar refractivity (Wildman–Crippen MR) is 273 cm³/mol. The first-order valence-electron chi connectivity index (χ1n) is 25.2. The number of alkyl carbamates (subject to hydrolysis) is 1. The molecular weight excluding hydrogens is 967 g/mol. The maximum atomic E-state index is 13.0. The predicted octanol–water partition coefficient (Wildman–Crippen LogP) is 7.33. The molecule has 3 amide bonds. The van der Waals surface area contributed by atoms with Crippen molar-refractivity contribution in [2.75, 3.05) is 0 Å². The van der Waals surface area contributed by atoms with Crippen LogP contribution in [0.4, 0.5) is 4.79 Å². The molecule has 0 aliphatic heterocycles. The Balaban J connectivity index is 0. The summed E-state index contributed by atoms with van der Waals surface area (Å²) in [6.45, 7) is 33.6. The van der Waals surface area contributed by atoms with Gasteiger partial charge in [0.15, 0.2) is 0 Å². The highest BCUT2D eigenvalue weighted by Crippen LogP contribution is 2.23. The van der Waals surface area contributed by atoms with Crippen LogP contribution in [0.2, 0.25) is 0 Å². The molecule has 0 aromatic rings. The van der Waals surface area contributed by atoms with Crippen molar-refractivity contribution in [3.8, 4) is 0 Å². The Kier molecular flexibility index (Phi) is 29.2. The number of hydrogen-bond donors (Lipinski definition) is 4. The Morgan fingerprint density at radius 2 is 0.757 bits per heavy atom. The number of ketones is 2. The Labute approximate surface area is 439 Å². The number of aliphatic carboxylic acids is 1. The highest BCUT2D eigenvalue weighted by Gasteiger charge is 2.35. The van der Waals surface area contributed by atoms with Gasteiger partial charge in [-0.15, -0.1) is 0 Å². The Morgan fingerprint density at radius 1 is 0.405 bits per heavy atom. The second-order valence-electron chi connectivity index (χ2n) is 24.1. The number of carbonyl (C=O) groups is 11. The van der Waals surface area contributed by atoms with E-state index in [1.54, 1.807) is 125 Å². The highest BCUT2D eigenvalue weighted by molar-refractivity contribution is 5.93. The van der Waals surface area contributed by atoms with Crippen molar-refractivity contribution in [2.24, 2.45) is 11.8 Å². The number of ether oxygens (including phenoxy) is 6. The molecule has 426 valence electrons. The van der Waals surface area contributed by atoms with Crippen LogP contribution in [0.25, 0.3) is 0 Å². The largest absolute Gasteiger partial charge is 0.481 e. The molecule has 0 saturated heterocycles. The summed E-state index contributed by atoms with van der Waals surface area (Å²) in [4.78, 5) is 136. The molecule has 0 radical (unpaired) electrons. The van der Waals surface area contributed by atoms with Gasteiger partial charge in [0, 0.05) is 39.0 Å². The maximum absolute atomic E-state index is 13.0. The number of rotatable bonds is 25. The zero-order valence-corrected chi connectivity index (χ0v) is 48.1. The first-order valence-corrected chi connectivity index (χ1v) is 25.2. The third-order valence-corrected chi connectivity index (χ3v) is 9.07. The minimum atomic E-state index is -1.56. The van der Waals surface area contributed by atoms with Gasteiger partial charge in [-0.3, -0.25) is 38.4 Å². The molecule has 21 nitrogen and oxygen atoms in total. The zero-order chi connectivity index (χ0) is 58.4. The summed E-state index contributed by atoms with van der Waals surface area (Å²) in [6, 6.07) is -3.87. The Hall–Kier alpha value is -5.63. The minimum absolute atomic E-state index is 0.0282. The van der Waals surface area contributed by atoms with Gasteiger partial charge in [0.2, 0.25) is 11.8 Å². The summed E-state index contributed by atoms with van der Waals surface area (Å²) >= 11 is 0. The summed E-state index contributed by atoms with van der Waals surface area (Å²) in [5.74, 6) is -7.85. The molecule has 0 aromatic carbocycles. The molecule has 0 fully saturated rings. The van der Waals surface area contributed by atoms with E-state index in [-0.39, 0.29) is 62.9 Å². The highest BCUT2D eigenvalue weighted by atomic mass is 16.6. The van der Waals surface area contributed by atoms with Gasteiger partial charge in [-0.1, -0.05) is 13.3 Å². The number of esters is 5. The van der Waals surface area contributed by atoms with Crippen LogP contribution >= 0.6 is 0 Å². The van der Waals surface area contributed by atoms with E-state index in [9.17, 15) is 57.8 Å². The van der Waals surface area contributed by atoms with E-state index in [2.05, 4.69) is 16.0 Å². The van der Waals surface area contributed by atoms with Gasteiger partial charge >= 0.3 is 41.9 Å². The van der Waals surface area contributed by atoms with E-state index in [1.165, 1.54) is 6.92 Å². The molecule has 21 heteroatoms. The van der Waals surface area contributed by atoms with Crippen molar-refractivity contribution in [1.82, 2.24) is 16.0 Å². The molecule has 0 aromatic heterocycles. The SMILES string of the molecule is CC(=O)N[C@@H](CCC(=O)C[C@@H](CCC(=O)OC(C)(C)C)C(=O)OC(C)(C)C)C(=O)OC(C)(C)C.CCC[C@H](CC(=O)CC[C@H](NC(=O)[C@H](CC(=O)O)NC(=O)OC(C)(C)C)C(=O)OC(C)(C)C)C(=O)OC(C)(C)C. The number of amides is 3. The van der Waals surface area contributed by atoms with Gasteiger partial charge in [0.25, 0.3) is 0 Å². The lowest BCUT2D eigenvalue weighted by Crippen LogP contribution is -2.53. The lowest BCUT2D eigenvalue weighted by molar-refractivity contribution is -0.163. The summed E-state index contributed by atoms with van der Waals surface area (Å²) < 4.78 is 32.0. The topological polar surface area (TPSA) is 299 Å². The smallest absolute Gasteiger partial charge is 0.408 e. The molecule has 0 aliphatic carbocycles. The van der Waals surface area contributed by atoms with Gasteiger partial charge in [0.1, 0.15) is 63.3 Å². The van der Waals surface area contributed by atoms with Crippen molar-refractivity contribution in [3.05, 3.63) is 0 Å². The molecule has 0 saturated carbocycles. The van der Waals surface area contributed by atoms with Gasteiger partial charge in [-0.25, -0.2) is 14.4 Å². The van der Waals surface area contributed by atoms with Gasteiger partial charge in [-0.2, -0.15) is 0 Å².